The van der Waals surface area contributed by atoms with Crippen LogP contribution in [-0.4, -0.2) is 23.5 Å². The molecule has 1 aromatic heterocycles. The fraction of sp³-hybridized carbons (Fsp3) is 0.500. The smallest absolute Gasteiger partial charge is 0.241 e. The van der Waals surface area contributed by atoms with Gasteiger partial charge in [-0.3, -0.25) is 9.78 Å². The van der Waals surface area contributed by atoms with Crippen LogP contribution in [-0.2, 0) is 4.79 Å². The molecule has 0 aromatic carbocycles. The Hall–Kier alpha value is -1.42. The summed E-state index contributed by atoms with van der Waals surface area (Å²) >= 11 is 0. The Morgan fingerprint density at radius 3 is 3.06 bits per heavy atom. The van der Waals surface area contributed by atoms with E-state index in [-0.39, 0.29) is 11.9 Å². The first-order valence-electron chi connectivity index (χ1n) is 5.64. The molecule has 1 amide bonds. The lowest BCUT2D eigenvalue weighted by Crippen LogP contribution is -2.39. The summed E-state index contributed by atoms with van der Waals surface area (Å²) in [6.45, 7) is 4.91. The molecule has 1 aliphatic heterocycles. The number of nitrogens with one attached hydrogen (secondary N) is 2. The van der Waals surface area contributed by atoms with E-state index in [4.69, 9.17) is 0 Å². The summed E-state index contributed by atoms with van der Waals surface area (Å²) in [6.07, 6.45) is 2.78. The predicted octanol–water partition coefficient (Wildman–Crippen LogP) is 1.33. The second-order valence-corrected chi connectivity index (χ2v) is 4.32. The number of rotatable bonds is 2. The number of pyridine rings is 1. The van der Waals surface area contributed by atoms with E-state index in [0.29, 0.717) is 5.92 Å². The van der Waals surface area contributed by atoms with Crippen molar-refractivity contribution in [2.45, 2.75) is 26.3 Å². The molecule has 4 heteroatoms. The number of hydrogen-bond acceptors (Lipinski definition) is 3. The van der Waals surface area contributed by atoms with Crippen LogP contribution in [0.15, 0.2) is 18.3 Å². The molecule has 2 N–H and O–H groups in total. The lowest BCUT2D eigenvalue weighted by Gasteiger charge is -2.16. The molecule has 2 atom stereocenters. The maximum atomic E-state index is 12.0. The first-order chi connectivity index (χ1) is 7.68. The van der Waals surface area contributed by atoms with Crippen molar-refractivity contribution < 1.29 is 4.79 Å². The minimum Gasteiger partial charge on any atom is -0.323 e. The first kappa shape index (κ1) is 11.1. The Labute approximate surface area is 95.5 Å². The van der Waals surface area contributed by atoms with Crippen molar-refractivity contribution in [2.75, 3.05) is 11.9 Å². The average molecular weight is 219 g/mol. The molecule has 4 nitrogen and oxygen atoms in total. The standard InChI is InChI=1S/C12H17N3O/c1-8-5-7-14-11(8)12(16)15-10-4-3-6-13-9(10)2/h3-4,6,8,11,14H,5,7H2,1-2H3,(H,15,16). The van der Waals surface area contributed by atoms with Crippen LogP contribution in [0.2, 0.25) is 0 Å². The molecular formula is C12H17N3O. The molecule has 0 bridgehead atoms. The Bertz CT molecular complexity index is 392. The van der Waals surface area contributed by atoms with Gasteiger partial charge in [0, 0.05) is 6.20 Å². The first-order valence-corrected chi connectivity index (χ1v) is 5.64. The zero-order valence-electron chi connectivity index (χ0n) is 9.66. The number of hydrogen-bond donors (Lipinski definition) is 2. The van der Waals surface area contributed by atoms with E-state index in [0.717, 1.165) is 24.3 Å². The molecule has 1 aliphatic rings. The monoisotopic (exact) mass is 219 g/mol. The van der Waals surface area contributed by atoms with Crippen LogP contribution in [0.3, 0.4) is 0 Å². The zero-order chi connectivity index (χ0) is 11.5. The Kier molecular flexibility index (Phi) is 3.19. The minimum absolute atomic E-state index is 0.0427. The molecule has 0 saturated carbocycles. The quantitative estimate of drug-likeness (QED) is 0.789. The molecule has 16 heavy (non-hydrogen) atoms. The number of aromatic nitrogens is 1. The summed E-state index contributed by atoms with van der Waals surface area (Å²) in [6, 6.07) is 3.63. The van der Waals surface area contributed by atoms with E-state index >= 15 is 0 Å². The molecule has 1 aromatic rings. The predicted molar refractivity (Wildman–Crippen MR) is 63.2 cm³/mol. The fourth-order valence-electron chi connectivity index (χ4n) is 2.01. The average Bonchev–Trinajstić information content (AvgIpc) is 2.68. The van der Waals surface area contributed by atoms with Crippen LogP contribution in [0.1, 0.15) is 19.0 Å². The van der Waals surface area contributed by atoms with Crippen LogP contribution < -0.4 is 10.6 Å². The normalized spacial score (nSPS) is 24.4. The topological polar surface area (TPSA) is 54.0 Å². The van der Waals surface area contributed by atoms with Gasteiger partial charge in [0.05, 0.1) is 17.4 Å². The van der Waals surface area contributed by atoms with Crippen LogP contribution in [0.25, 0.3) is 0 Å². The van der Waals surface area contributed by atoms with Gasteiger partial charge in [0.1, 0.15) is 0 Å². The van der Waals surface area contributed by atoms with E-state index in [1.165, 1.54) is 0 Å². The SMILES string of the molecule is Cc1ncccc1NC(=O)C1NCCC1C. The van der Waals surface area contributed by atoms with Crippen molar-refractivity contribution in [1.29, 1.82) is 0 Å². The molecule has 1 fully saturated rings. The van der Waals surface area contributed by atoms with Gasteiger partial charge >= 0.3 is 0 Å². The summed E-state index contributed by atoms with van der Waals surface area (Å²) in [5, 5.41) is 6.13. The van der Waals surface area contributed by atoms with Gasteiger partial charge < -0.3 is 10.6 Å². The van der Waals surface area contributed by atoms with Gasteiger partial charge in [0.15, 0.2) is 0 Å². The molecule has 2 heterocycles. The highest BCUT2D eigenvalue weighted by Gasteiger charge is 2.29. The van der Waals surface area contributed by atoms with Gasteiger partial charge in [-0.1, -0.05) is 6.92 Å². The molecule has 0 aliphatic carbocycles. The Balaban J connectivity index is 2.05. The van der Waals surface area contributed by atoms with Gasteiger partial charge in [0.25, 0.3) is 0 Å². The summed E-state index contributed by atoms with van der Waals surface area (Å²) < 4.78 is 0. The number of aryl methyl sites for hydroxylation is 1. The maximum Gasteiger partial charge on any atom is 0.241 e. The van der Waals surface area contributed by atoms with Gasteiger partial charge in [-0.05, 0) is 37.9 Å². The van der Waals surface area contributed by atoms with E-state index in [2.05, 4.69) is 22.5 Å². The molecule has 2 rings (SSSR count). The summed E-state index contributed by atoms with van der Waals surface area (Å²) in [7, 11) is 0. The molecule has 0 spiro atoms. The van der Waals surface area contributed by atoms with Crippen molar-refractivity contribution in [2.24, 2.45) is 5.92 Å². The fourth-order valence-corrected chi connectivity index (χ4v) is 2.01. The van der Waals surface area contributed by atoms with E-state index in [1.807, 2.05) is 19.1 Å². The van der Waals surface area contributed by atoms with Crippen LogP contribution in [0.4, 0.5) is 5.69 Å². The molecule has 1 saturated heterocycles. The van der Waals surface area contributed by atoms with Crippen molar-refractivity contribution >= 4 is 11.6 Å². The van der Waals surface area contributed by atoms with Gasteiger partial charge in [-0.25, -0.2) is 0 Å². The summed E-state index contributed by atoms with van der Waals surface area (Å²) in [5.41, 5.74) is 1.65. The second kappa shape index (κ2) is 4.61. The van der Waals surface area contributed by atoms with Crippen molar-refractivity contribution in [3.05, 3.63) is 24.0 Å². The van der Waals surface area contributed by atoms with Crippen LogP contribution in [0.5, 0.6) is 0 Å². The van der Waals surface area contributed by atoms with Crippen LogP contribution >= 0.6 is 0 Å². The van der Waals surface area contributed by atoms with Gasteiger partial charge in [0.2, 0.25) is 5.91 Å². The highest BCUT2D eigenvalue weighted by atomic mass is 16.2. The van der Waals surface area contributed by atoms with Crippen molar-refractivity contribution in [3.8, 4) is 0 Å². The number of carbonyl (C=O) groups is 1. The highest BCUT2D eigenvalue weighted by molar-refractivity contribution is 5.95. The molecular weight excluding hydrogens is 202 g/mol. The number of anilines is 1. The minimum atomic E-state index is -0.0698. The van der Waals surface area contributed by atoms with E-state index in [9.17, 15) is 4.79 Å². The number of nitrogens with zero attached hydrogens (tertiary/aromatic N) is 1. The summed E-state index contributed by atoms with van der Waals surface area (Å²) in [5.74, 6) is 0.443. The Morgan fingerprint density at radius 1 is 1.62 bits per heavy atom. The van der Waals surface area contributed by atoms with Gasteiger partial charge in [-0.15, -0.1) is 0 Å². The van der Waals surface area contributed by atoms with E-state index in [1.54, 1.807) is 6.20 Å². The highest BCUT2D eigenvalue weighted by Crippen LogP contribution is 2.17. The summed E-state index contributed by atoms with van der Waals surface area (Å²) in [4.78, 5) is 16.1. The zero-order valence-corrected chi connectivity index (χ0v) is 9.66. The maximum absolute atomic E-state index is 12.0. The molecule has 86 valence electrons. The third-order valence-corrected chi connectivity index (χ3v) is 3.08. The Morgan fingerprint density at radius 2 is 2.44 bits per heavy atom. The third kappa shape index (κ3) is 2.22. The van der Waals surface area contributed by atoms with Crippen LogP contribution in [0, 0.1) is 12.8 Å². The van der Waals surface area contributed by atoms with Crippen molar-refractivity contribution in [1.82, 2.24) is 10.3 Å². The third-order valence-electron chi connectivity index (χ3n) is 3.08. The lowest BCUT2D eigenvalue weighted by molar-refractivity contribution is -0.118. The van der Waals surface area contributed by atoms with Gasteiger partial charge in [-0.2, -0.15) is 0 Å². The lowest BCUT2D eigenvalue weighted by atomic mass is 10.0. The number of carbonyl (C=O) groups excluding carboxylic acids is 1. The number of amides is 1. The second-order valence-electron chi connectivity index (χ2n) is 4.32. The van der Waals surface area contributed by atoms with E-state index < -0.39 is 0 Å². The van der Waals surface area contributed by atoms with Crippen molar-refractivity contribution in [3.63, 3.8) is 0 Å². The molecule has 2 unspecified atom stereocenters. The largest absolute Gasteiger partial charge is 0.323 e. The molecule has 0 radical (unpaired) electrons.